The topological polar surface area (TPSA) is 117 Å². The van der Waals surface area contributed by atoms with Gasteiger partial charge in [-0.1, -0.05) is 0 Å². The molecule has 1 aromatic heterocycles. The van der Waals surface area contributed by atoms with E-state index in [0.29, 0.717) is 26.3 Å². The second kappa shape index (κ2) is 9.60. The lowest BCUT2D eigenvalue weighted by atomic mass is 10.2. The number of carbonyl (C=O) groups is 2. The van der Waals surface area contributed by atoms with Crippen LogP contribution in [0.5, 0.6) is 0 Å². The first kappa shape index (κ1) is 20.3. The van der Waals surface area contributed by atoms with Crippen molar-refractivity contribution in [2.75, 3.05) is 38.6 Å². The van der Waals surface area contributed by atoms with E-state index >= 15 is 0 Å². The molecule has 9 nitrogen and oxygen atoms in total. The standard InChI is InChI=1S/C16H23N3O6S/c20-15(1-2-16(21)22)18(13-14-3-5-17-6-4-14)9-12-26(23,24)19-7-10-25-11-8-19/h3-6H,1-2,7-13H2,(H,21,22). The van der Waals surface area contributed by atoms with Crippen molar-refractivity contribution in [2.24, 2.45) is 0 Å². The van der Waals surface area contributed by atoms with Crippen molar-refractivity contribution in [3.63, 3.8) is 0 Å². The van der Waals surface area contributed by atoms with Crippen LogP contribution in [-0.2, 0) is 30.9 Å². The molecule has 10 heteroatoms. The molecule has 0 radical (unpaired) electrons. The highest BCUT2D eigenvalue weighted by molar-refractivity contribution is 7.89. The number of carbonyl (C=O) groups excluding carboxylic acids is 1. The number of hydrogen-bond donors (Lipinski definition) is 1. The lowest BCUT2D eigenvalue weighted by Crippen LogP contribution is -2.44. The third-order valence-electron chi connectivity index (χ3n) is 4.01. The van der Waals surface area contributed by atoms with Crippen LogP contribution in [0, 0.1) is 0 Å². The minimum atomic E-state index is -3.50. The normalized spacial score (nSPS) is 15.5. The first-order valence-electron chi connectivity index (χ1n) is 8.32. The summed E-state index contributed by atoms with van der Waals surface area (Å²) in [6.07, 6.45) is 2.71. The second-order valence-electron chi connectivity index (χ2n) is 5.89. The molecule has 144 valence electrons. The third kappa shape index (κ3) is 6.36. The van der Waals surface area contributed by atoms with Crippen LogP contribution in [0.15, 0.2) is 24.5 Å². The number of carboxylic acids is 1. The zero-order valence-corrected chi connectivity index (χ0v) is 15.2. The van der Waals surface area contributed by atoms with Gasteiger partial charge >= 0.3 is 5.97 Å². The molecule has 1 N–H and O–H groups in total. The Bertz CT molecular complexity index is 704. The number of amides is 1. The number of pyridine rings is 1. The predicted octanol–water partition coefficient (Wildman–Crippen LogP) is -0.0630. The van der Waals surface area contributed by atoms with Crippen LogP contribution >= 0.6 is 0 Å². The van der Waals surface area contributed by atoms with Gasteiger partial charge in [-0.2, -0.15) is 4.31 Å². The Kier molecular flexibility index (Phi) is 7.49. The Morgan fingerprint density at radius 3 is 2.46 bits per heavy atom. The summed E-state index contributed by atoms with van der Waals surface area (Å²) in [6.45, 7) is 1.54. The van der Waals surface area contributed by atoms with Crippen molar-refractivity contribution in [3.05, 3.63) is 30.1 Å². The molecule has 0 unspecified atom stereocenters. The number of hydrogen-bond acceptors (Lipinski definition) is 6. The lowest BCUT2D eigenvalue weighted by Gasteiger charge is -2.28. The van der Waals surface area contributed by atoms with Gasteiger partial charge in [-0.25, -0.2) is 8.42 Å². The molecule has 1 saturated heterocycles. The van der Waals surface area contributed by atoms with Crippen molar-refractivity contribution in [2.45, 2.75) is 19.4 Å². The van der Waals surface area contributed by atoms with Crippen molar-refractivity contribution in [1.82, 2.24) is 14.2 Å². The fourth-order valence-electron chi connectivity index (χ4n) is 2.55. The van der Waals surface area contributed by atoms with Gasteiger partial charge in [0.2, 0.25) is 15.9 Å². The maximum atomic E-state index is 12.5. The molecule has 1 fully saturated rings. The largest absolute Gasteiger partial charge is 0.481 e. The molecule has 0 atom stereocenters. The lowest BCUT2D eigenvalue weighted by molar-refractivity contribution is -0.141. The van der Waals surface area contributed by atoms with Crippen LogP contribution < -0.4 is 0 Å². The highest BCUT2D eigenvalue weighted by atomic mass is 32.2. The van der Waals surface area contributed by atoms with Crippen LogP contribution in [0.1, 0.15) is 18.4 Å². The van der Waals surface area contributed by atoms with E-state index in [1.807, 2.05) is 0 Å². The summed E-state index contributed by atoms with van der Waals surface area (Å²) in [4.78, 5) is 28.4. The number of carboxylic acid groups (broad SMARTS) is 1. The van der Waals surface area contributed by atoms with Gasteiger partial charge < -0.3 is 14.7 Å². The molecule has 0 saturated carbocycles. The van der Waals surface area contributed by atoms with Crippen LogP contribution in [0.2, 0.25) is 0 Å². The molecule has 0 bridgehead atoms. The summed E-state index contributed by atoms with van der Waals surface area (Å²) >= 11 is 0. The smallest absolute Gasteiger partial charge is 0.303 e. The van der Waals surface area contributed by atoms with Crippen LogP contribution in [0.3, 0.4) is 0 Å². The van der Waals surface area contributed by atoms with E-state index in [9.17, 15) is 18.0 Å². The Morgan fingerprint density at radius 2 is 1.85 bits per heavy atom. The Balaban J connectivity index is 2.02. The molecular formula is C16H23N3O6S. The molecule has 1 amide bonds. The highest BCUT2D eigenvalue weighted by Crippen LogP contribution is 2.10. The van der Waals surface area contributed by atoms with Crippen LogP contribution in [-0.4, -0.2) is 78.2 Å². The minimum absolute atomic E-state index is 0.000462. The molecule has 0 spiro atoms. The number of nitrogens with zero attached hydrogens (tertiary/aromatic N) is 3. The van der Waals surface area contributed by atoms with Gasteiger partial charge in [0.15, 0.2) is 0 Å². The average Bonchev–Trinajstić information content (AvgIpc) is 2.64. The molecule has 26 heavy (non-hydrogen) atoms. The fourth-order valence-corrected chi connectivity index (χ4v) is 3.97. The first-order chi connectivity index (χ1) is 12.4. The van der Waals surface area contributed by atoms with E-state index in [4.69, 9.17) is 9.84 Å². The number of ether oxygens (including phenoxy) is 1. The van der Waals surface area contributed by atoms with E-state index in [1.165, 1.54) is 9.21 Å². The maximum absolute atomic E-state index is 12.5. The van der Waals surface area contributed by atoms with Gasteiger partial charge in [0.25, 0.3) is 0 Å². The number of aromatic nitrogens is 1. The van der Waals surface area contributed by atoms with Crippen molar-refractivity contribution in [3.8, 4) is 0 Å². The molecule has 2 rings (SSSR count). The van der Waals surface area contributed by atoms with Crippen LogP contribution in [0.4, 0.5) is 0 Å². The number of aliphatic carboxylic acids is 1. The molecular weight excluding hydrogens is 362 g/mol. The zero-order chi connectivity index (χ0) is 19.0. The summed E-state index contributed by atoms with van der Waals surface area (Å²) in [5.74, 6) is -1.67. The molecule has 1 aliphatic rings. The summed E-state index contributed by atoms with van der Waals surface area (Å²) in [7, 11) is -3.50. The van der Waals surface area contributed by atoms with E-state index in [0.717, 1.165) is 5.56 Å². The first-order valence-corrected chi connectivity index (χ1v) is 9.93. The van der Waals surface area contributed by atoms with Gasteiger partial charge in [-0.15, -0.1) is 0 Å². The van der Waals surface area contributed by atoms with E-state index in [2.05, 4.69) is 4.98 Å². The monoisotopic (exact) mass is 385 g/mol. The second-order valence-corrected chi connectivity index (χ2v) is 7.98. The fraction of sp³-hybridized carbons (Fsp3) is 0.562. The predicted molar refractivity (Wildman–Crippen MR) is 92.7 cm³/mol. The third-order valence-corrected chi connectivity index (χ3v) is 5.86. The molecule has 0 aromatic carbocycles. The summed E-state index contributed by atoms with van der Waals surface area (Å²) in [6, 6.07) is 3.46. The Morgan fingerprint density at radius 1 is 1.19 bits per heavy atom. The highest BCUT2D eigenvalue weighted by Gasteiger charge is 2.26. The average molecular weight is 385 g/mol. The SMILES string of the molecule is O=C(O)CCC(=O)N(CCS(=O)(=O)N1CCOCC1)Cc1ccncc1. The van der Waals surface area contributed by atoms with Crippen molar-refractivity contribution >= 4 is 21.9 Å². The van der Waals surface area contributed by atoms with Gasteiger partial charge in [0.1, 0.15) is 0 Å². The van der Waals surface area contributed by atoms with Gasteiger partial charge in [-0.3, -0.25) is 14.6 Å². The quantitative estimate of drug-likeness (QED) is 0.633. The minimum Gasteiger partial charge on any atom is -0.481 e. The van der Waals surface area contributed by atoms with Crippen molar-refractivity contribution < 1.29 is 27.9 Å². The summed E-state index contributed by atoms with van der Waals surface area (Å²) in [5, 5.41) is 8.77. The Labute approximate surface area is 152 Å². The van der Waals surface area contributed by atoms with Gasteiger partial charge in [0, 0.05) is 45.0 Å². The number of sulfonamides is 1. The molecule has 2 heterocycles. The van der Waals surface area contributed by atoms with E-state index in [-0.39, 0.29) is 37.6 Å². The number of morpholine rings is 1. The van der Waals surface area contributed by atoms with E-state index in [1.54, 1.807) is 24.5 Å². The molecule has 0 aliphatic carbocycles. The van der Waals surface area contributed by atoms with Crippen LogP contribution in [0.25, 0.3) is 0 Å². The summed E-state index contributed by atoms with van der Waals surface area (Å²) < 4.78 is 31.4. The van der Waals surface area contributed by atoms with Gasteiger partial charge in [-0.05, 0) is 17.7 Å². The van der Waals surface area contributed by atoms with Gasteiger partial charge in [0.05, 0.1) is 25.4 Å². The molecule has 1 aromatic rings. The Hall–Kier alpha value is -2.04. The molecule has 1 aliphatic heterocycles. The van der Waals surface area contributed by atoms with Crippen molar-refractivity contribution in [1.29, 1.82) is 0 Å². The van der Waals surface area contributed by atoms with E-state index < -0.39 is 16.0 Å². The summed E-state index contributed by atoms with van der Waals surface area (Å²) in [5.41, 5.74) is 0.799. The zero-order valence-electron chi connectivity index (χ0n) is 14.4. The maximum Gasteiger partial charge on any atom is 0.303 e. The number of rotatable bonds is 9.